The summed E-state index contributed by atoms with van der Waals surface area (Å²) in [4.78, 5) is 28.9. The van der Waals surface area contributed by atoms with Crippen LogP contribution in [0.25, 0.3) is 0 Å². The van der Waals surface area contributed by atoms with Gasteiger partial charge in [0.2, 0.25) is 5.91 Å². The molecule has 0 bridgehead atoms. The normalized spacial score (nSPS) is 9.84. The van der Waals surface area contributed by atoms with Crippen LogP contribution in [0.1, 0.15) is 24.3 Å². The van der Waals surface area contributed by atoms with Gasteiger partial charge in [-0.15, -0.1) is 0 Å². The molecule has 1 rings (SSSR count). The Bertz CT molecular complexity index is 448. The molecule has 0 unspecified atom stereocenters. The van der Waals surface area contributed by atoms with Crippen LogP contribution in [-0.4, -0.2) is 48.4 Å². The number of rotatable bonds is 6. The highest BCUT2D eigenvalue weighted by Crippen LogP contribution is 2.07. The van der Waals surface area contributed by atoms with Crippen molar-refractivity contribution in [2.75, 3.05) is 32.0 Å². The number of carbonyl (C=O) groups excluding carboxylic acids is 2. The molecule has 0 fully saturated rings. The molecule has 0 radical (unpaired) electrons. The molecule has 0 aliphatic heterocycles. The van der Waals surface area contributed by atoms with E-state index in [1.54, 1.807) is 30.3 Å². The Morgan fingerprint density at radius 1 is 1.37 bits per heavy atom. The van der Waals surface area contributed by atoms with Gasteiger partial charge < -0.3 is 15.5 Å². The van der Waals surface area contributed by atoms with Crippen molar-refractivity contribution in [2.24, 2.45) is 0 Å². The lowest BCUT2D eigenvalue weighted by molar-refractivity contribution is -0.127. The highest BCUT2D eigenvalue weighted by molar-refractivity contribution is 5.93. The molecule has 19 heavy (non-hydrogen) atoms. The van der Waals surface area contributed by atoms with Crippen molar-refractivity contribution < 1.29 is 9.59 Å². The van der Waals surface area contributed by atoms with Crippen molar-refractivity contribution in [2.45, 2.75) is 13.8 Å². The van der Waals surface area contributed by atoms with Gasteiger partial charge in [0.15, 0.2) is 0 Å². The molecule has 2 N–H and O–H groups in total. The molecule has 104 valence electrons. The number of aromatic nitrogens is 1. The Labute approximate surface area is 113 Å². The van der Waals surface area contributed by atoms with Crippen LogP contribution in [0.15, 0.2) is 18.3 Å². The molecule has 0 spiro atoms. The highest BCUT2D eigenvalue weighted by atomic mass is 16.2. The summed E-state index contributed by atoms with van der Waals surface area (Å²) in [5.41, 5.74) is 1.04. The lowest BCUT2D eigenvalue weighted by Crippen LogP contribution is -2.32. The first-order valence-corrected chi connectivity index (χ1v) is 6.30. The first-order chi connectivity index (χ1) is 9.08. The first-order valence-electron chi connectivity index (χ1n) is 6.30. The van der Waals surface area contributed by atoms with E-state index in [0.717, 1.165) is 0 Å². The van der Waals surface area contributed by atoms with Crippen LogP contribution < -0.4 is 10.6 Å². The van der Waals surface area contributed by atoms with Crippen LogP contribution in [0.2, 0.25) is 0 Å². The van der Waals surface area contributed by atoms with E-state index >= 15 is 0 Å². The molecule has 0 atom stereocenters. The van der Waals surface area contributed by atoms with E-state index in [1.165, 1.54) is 0 Å². The number of amides is 2. The minimum Gasteiger partial charge on any atom is -0.376 e. The number of hydrogen-bond donors (Lipinski definition) is 2. The Kier molecular flexibility index (Phi) is 5.78. The fraction of sp³-hybridized carbons (Fsp3) is 0.462. The van der Waals surface area contributed by atoms with Gasteiger partial charge in [-0.05, 0) is 26.0 Å². The number of nitrogens with one attached hydrogen (secondary N) is 2. The van der Waals surface area contributed by atoms with Gasteiger partial charge in [0, 0.05) is 32.0 Å². The monoisotopic (exact) mass is 264 g/mol. The van der Waals surface area contributed by atoms with Crippen molar-refractivity contribution in [1.29, 1.82) is 0 Å². The van der Waals surface area contributed by atoms with E-state index in [1.807, 2.05) is 13.8 Å². The van der Waals surface area contributed by atoms with Crippen molar-refractivity contribution in [1.82, 2.24) is 15.2 Å². The van der Waals surface area contributed by atoms with Crippen molar-refractivity contribution in [3.63, 3.8) is 0 Å². The molecule has 6 nitrogen and oxygen atoms in total. The molecule has 1 aromatic rings. The summed E-state index contributed by atoms with van der Waals surface area (Å²) in [7, 11) is 1.75. The first kappa shape index (κ1) is 14.9. The van der Waals surface area contributed by atoms with Crippen LogP contribution >= 0.6 is 0 Å². The van der Waals surface area contributed by atoms with E-state index in [0.29, 0.717) is 24.5 Å². The molecule has 0 aromatic carbocycles. The van der Waals surface area contributed by atoms with Gasteiger partial charge in [-0.2, -0.15) is 0 Å². The zero-order valence-corrected chi connectivity index (χ0v) is 11.6. The number of anilines is 1. The SMILES string of the molecule is CCNC(=O)c1cc(NCC(=O)N(C)CC)ccn1. The standard InChI is InChI=1S/C13H20N4O2/c1-4-14-13(19)11-8-10(6-7-15-11)16-9-12(18)17(3)5-2/h6-8H,4-5,9H2,1-3H3,(H,14,19)(H,15,16). The third-order valence-electron chi connectivity index (χ3n) is 2.67. The van der Waals surface area contributed by atoms with Gasteiger partial charge in [0.1, 0.15) is 5.69 Å². The summed E-state index contributed by atoms with van der Waals surface area (Å²) in [5.74, 6) is -0.220. The largest absolute Gasteiger partial charge is 0.376 e. The van der Waals surface area contributed by atoms with E-state index in [9.17, 15) is 9.59 Å². The fourth-order valence-electron chi connectivity index (χ4n) is 1.40. The lowest BCUT2D eigenvalue weighted by Gasteiger charge is -2.15. The smallest absolute Gasteiger partial charge is 0.269 e. The number of pyridine rings is 1. The van der Waals surface area contributed by atoms with Gasteiger partial charge >= 0.3 is 0 Å². The van der Waals surface area contributed by atoms with Crippen LogP contribution in [0.4, 0.5) is 5.69 Å². The maximum Gasteiger partial charge on any atom is 0.269 e. The van der Waals surface area contributed by atoms with Gasteiger partial charge in [-0.3, -0.25) is 14.6 Å². The predicted molar refractivity (Wildman–Crippen MR) is 74.0 cm³/mol. The highest BCUT2D eigenvalue weighted by Gasteiger charge is 2.08. The number of likely N-dealkylation sites (N-methyl/N-ethyl adjacent to an activating group) is 1. The van der Waals surface area contributed by atoms with Crippen molar-refractivity contribution in [3.8, 4) is 0 Å². The third-order valence-corrected chi connectivity index (χ3v) is 2.67. The van der Waals surface area contributed by atoms with Crippen LogP contribution in [0.3, 0.4) is 0 Å². The number of hydrogen-bond acceptors (Lipinski definition) is 4. The second-order valence-corrected chi connectivity index (χ2v) is 4.05. The third kappa shape index (κ3) is 4.57. The van der Waals surface area contributed by atoms with Gasteiger partial charge in [0.05, 0.1) is 6.54 Å². The van der Waals surface area contributed by atoms with Gasteiger partial charge in [0.25, 0.3) is 5.91 Å². The molecule has 0 aliphatic carbocycles. The average Bonchev–Trinajstić information content (AvgIpc) is 2.44. The minimum absolute atomic E-state index is 0.00104. The lowest BCUT2D eigenvalue weighted by atomic mass is 10.3. The summed E-state index contributed by atoms with van der Waals surface area (Å²) in [6.45, 7) is 5.18. The van der Waals surface area contributed by atoms with Crippen molar-refractivity contribution in [3.05, 3.63) is 24.0 Å². The van der Waals surface area contributed by atoms with Gasteiger partial charge in [-0.25, -0.2) is 0 Å². The van der Waals surface area contributed by atoms with E-state index in [4.69, 9.17) is 0 Å². The summed E-state index contributed by atoms with van der Waals surface area (Å²) >= 11 is 0. The quantitative estimate of drug-likeness (QED) is 0.794. The maximum absolute atomic E-state index is 11.6. The van der Waals surface area contributed by atoms with Crippen molar-refractivity contribution >= 4 is 17.5 Å². The second kappa shape index (κ2) is 7.35. The molecule has 0 saturated heterocycles. The molecule has 1 aromatic heterocycles. The Balaban J connectivity index is 2.62. The minimum atomic E-state index is -0.219. The average molecular weight is 264 g/mol. The van der Waals surface area contributed by atoms with E-state index in [-0.39, 0.29) is 18.4 Å². The Morgan fingerprint density at radius 3 is 2.74 bits per heavy atom. The van der Waals surface area contributed by atoms with E-state index in [2.05, 4.69) is 15.6 Å². The zero-order chi connectivity index (χ0) is 14.3. The zero-order valence-electron chi connectivity index (χ0n) is 11.6. The maximum atomic E-state index is 11.6. The van der Waals surface area contributed by atoms with Crippen LogP contribution in [0, 0.1) is 0 Å². The predicted octanol–water partition coefficient (Wildman–Crippen LogP) is 0.721. The van der Waals surface area contributed by atoms with Gasteiger partial charge in [-0.1, -0.05) is 0 Å². The Morgan fingerprint density at radius 2 is 2.11 bits per heavy atom. The number of carbonyl (C=O) groups is 2. The molecule has 0 aliphatic rings. The molecular formula is C13H20N4O2. The van der Waals surface area contributed by atoms with Crippen LogP contribution in [-0.2, 0) is 4.79 Å². The molecule has 6 heteroatoms. The molecule has 1 heterocycles. The molecule has 2 amide bonds. The summed E-state index contributed by atoms with van der Waals surface area (Å²) in [6.07, 6.45) is 1.54. The topological polar surface area (TPSA) is 74.3 Å². The van der Waals surface area contributed by atoms with Crippen LogP contribution in [0.5, 0.6) is 0 Å². The summed E-state index contributed by atoms with van der Waals surface area (Å²) < 4.78 is 0. The Hall–Kier alpha value is -2.11. The van der Waals surface area contributed by atoms with E-state index < -0.39 is 0 Å². The second-order valence-electron chi connectivity index (χ2n) is 4.05. The summed E-state index contributed by atoms with van der Waals surface area (Å²) in [5, 5.41) is 5.66. The number of nitrogens with zero attached hydrogens (tertiary/aromatic N) is 2. The summed E-state index contributed by atoms with van der Waals surface area (Å²) in [6, 6.07) is 3.35. The molecule has 0 saturated carbocycles. The molecular weight excluding hydrogens is 244 g/mol. The fourth-order valence-corrected chi connectivity index (χ4v) is 1.40.